The van der Waals surface area contributed by atoms with Gasteiger partial charge >= 0.3 is 41.8 Å². The summed E-state index contributed by atoms with van der Waals surface area (Å²) in [7, 11) is 0. The number of amides is 6. The lowest BCUT2D eigenvalue weighted by molar-refractivity contribution is -0.151. The molecule has 0 unspecified atom stereocenters. The molecule has 6 atom stereocenters. The Morgan fingerprint density at radius 2 is 0.425 bits per heavy atom. The van der Waals surface area contributed by atoms with Gasteiger partial charge in [-0.05, 0) is 83.9 Å². The number of carbonyl (C=O) groups is 13. The smallest absolute Gasteiger partial charge is 0.328 e. The fraction of sp³-hybridized carbons (Fsp3) is 0.368. The van der Waals surface area contributed by atoms with E-state index < -0.39 is 171 Å². The molecule has 0 bridgehead atoms. The number of nitrogens with one attached hydrogen (secondary N) is 6. The molecule has 0 heterocycles. The zero-order chi connectivity index (χ0) is 80.6. The van der Waals surface area contributed by atoms with Crippen LogP contribution in [-0.4, -0.2) is 113 Å². The Bertz CT molecular complexity index is 4130. The molecule has 0 aliphatic heterocycles. The second kappa shape index (κ2) is 50.4. The zero-order valence-electron chi connectivity index (χ0n) is 63.5. The van der Waals surface area contributed by atoms with E-state index in [4.69, 9.17) is 33.2 Å². The van der Waals surface area contributed by atoms with E-state index in [1.165, 1.54) is 0 Å². The van der Waals surface area contributed by atoms with Crippen LogP contribution in [-0.2, 0) is 142 Å². The van der Waals surface area contributed by atoms with Gasteiger partial charge in [0, 0.05) is 44.9 Å². The molecule has 6 N–H and O–H groups in total. The average molecular weight is 1550 g/mol. The molecule has 7 rings (SSSR count). The first kappa shape index (κ1) is 87.9. The monoisotopic (exact) mass is 1550 g/mol. The summed E-state index contributed by atoms with van der Waals surface area (Å²) in [6.07, 6.45) is -1.90. The van der Waals surface area contributed by atoms with Crippen LogP contribution in [0.15, 0.2) is 212 Å². The van der Waals surface area contributed by atoms with Gasteiger partial charge in [-0.2, -0.15) is 0 Å². The summed E-state index contributed by atoms with van der Waals surface area (Å²) in [5, 5.41) is 15.7. The number of esters is 7. The quantitative estimate of drug-likeness (QED) is 0.0117. The number of rotatable bonds is 50. The van der Waals surface area contributed by atoms with Gasteiger partial charge in [0.1, 0.15) is 82.5 Å². The van der Waals surface area contributed by atoms with E-state index >= 15 is 14.4 Å². The number of hydrogen-bond donors (Lipinski definition) is 6. The fourth-order valence-corrected chi connectivity index (χ4v) is 11.4. The minimum atomic E-state index is -1.85. The van der Waals surface area contributed by atoms with Gasteiger partial charge in [0.2, 0.25) is 35.4 Å². The number of benzene rings is 7. The molecule has 26 nitrogen and oxygen atoms in total. The van der Waals surface area contributed by atoms with Gasteiger partial charge in [0.25, 0.3) is 0 Å². The normalized spacial score (nSPS) is 12.4. The van der Waals surface area contributed by atoms with Gasteiger partial charge in [-0.1, -0.05) is 245 Å². The SMILES string of the molecule is CCCCCCCC(=O)N[C@@H](CCC(=O)OCc1ccccc1)C(=O)N[C@@H](CCC(=O)OCc1ccccc1)C(=O)N[C@@H](CCC(=O)OCc1ccccc1)C(=O)N[C@@H](CCC(=O)OCc1ccccc1)C(=O)N[C@@H](CCC(=O)OCc1ccccc1)C(=O)N[C@@H](CCC(=O)OCc1ccccc1)C(=O)OCc1ccccc1. The predicted molar refractivity (Wildman–Crippen MR) is 414 cm³/mol. The minimum Gasteiger partial charge on any atom is -0.461 e. The van der Waals surface area contributed by atoms with Crippen LogP contribution in [0, 0.1) is 0 Å². The summed E-state index contributed by atoms with van der Waals surface area (Å²) in [6.45, 7) is 0.871. The van der Waals surface area contributed by atoms with Crippen molar-refractivity contribution in [1.82, 2.24) is 31.9 Å². The molecule has 598 valence electrons. The van der Waals surface area contributed by atoms with Gasteiger partial charge in [-0.3, -0.25) is 57.5 Å². The highest BCUT2D eigenvalue weighted by molar-refractivity contribution is 5.97. The number of hydrogen-bond acceptors (Lipinski definition) is 20. The number of carbonyl (C=O) groups excluding carboxylic acids is 13. The Labute approximate surface area is 657 Å². The Morgan fingerprint density at radius 3 is 0.655 bits per heavy atom. The molecule has 7 aromatic rings. The first-order valence-electron chi connectivity index (χ1n) is 38.0. The molecule has 0 fully saturated rings. The van der Waals surface area contributed by atoms with Gasteiger partial charge < -0.3 is 65.1 Å². The van der Waals surface area contributed by atoms with Gasteiger partial charge in [-0.25, -0.2) is 4.79 Å². The van der Waals surface area contributed by atoms with Gasteiger partial charge in [0.05, 0.1) is 0 Å². The predicted octanol–water partition coefficient (Wildman–Crippen LogP) is 10.1. The van der Waals surface area contributed by atoms with Crippen LogP contribution in [0.5, 0.6) is 0 Å². The van der Waals surface area contributed by atoms with Crippen molar-refractivity contribution >= 4 is 77.2 Å². The highest BCUT2D eigenvalue weighted by atomic mass is 16.6. The minimum absolute atomic E-state index is 0.0152. The number of ether oxygens (including phenoxy) is 7. The van der Waals surface area contributed by atoms with Crippen molar-refractivity contribution in [2.75, 3.05) is 0 Å². The third kappa shape index (κ3) is 35.5. The van der Waals surface area contributed by atoms with Crippen LogP contribution in [0.2, 0.25) is 0 Å². The summed E-state index contributed by atoms with van der Waals surface area (Å²) in [5.41, 5.74) is 4.44. The van der Waals surface area contributed by atoms with Crippen molar-refractivity contribution in [3.8, 4) is 0 Å². The van der Waals surface area contributed by atoms with E-state index in [-0.39, 0.29) is 71.9 Å². The first-order chi connectivity index (χ1) is 54.8. The Morgan fingerprint density at radius 1 is 0.230 bits per heavy atom. The van der Waals surface area contributed by atoms with Crippen molar-refractivity contribution in [2.24, 2.45) is 0 Å². The van der Waals surface area contributed by atoms with E-state index in [1.807, 2.05) is 6.92 Å². The van der Waals surface area contributed by atoms with Crippen LogP contribution in [0.25, 0.3) is 0 Å². The molecule has 0 saturated carbocycles. The second-order valence-electron chi connectivity index (χ2n) is 26.8. The molecule has 0 spiro atoms. The van der Waals surface area contributed by atoms with Crippen LogP contribution < -0.4 is 31.9 Å². The molecular formula is C87H100N6O20. The molecule has 26 heteroatoms. The summed E-state index contributed by atoms with van der Waals surface area (Å²) in [6, 6.07) is 50.6. The lowest BCUT2D eigenvalue weighted by Crippen LogP contribution is -2.59. The molecule has 113 heavy (non-hydrogen) atoms. The van der Waals surface area contributed by atoms with Crippen molar-refractivity contribution < 1.29 is 95.5 Å². The largest absolute Gasteiger partial charge is 0.461 e. The topological polar surface area (TPSA) is 359 Å². The van der Waals surface area contributed by atoms with Crippen LogP contribution >= 0.6 is 0 Å². The lowest BCUT2D eigenvalue weighted by atomic mass is 10.0. The fourth-order valence-electron chi connectivity index (χ4n) is 11.4. The van der Waals surface area contributed by atoms with E-state index in [0.717, 1.165) is 25.7 Å². The second-order valence-corrected chi connectivity index (χ2v) is 26.8. The third-order valence-electron chi connectivity index (χ3n) is 17.8. The Kier molecular flexibility index (Phi) is 39.2. The van der Waals surface area contributed by atoms with Crippen LogP contribution in [0.1, 0.15) is 161 Å². The van der Waals surface area contributed by atoms with E-state index in [1.54, 1.807) is 212 Å². The zero-order valence-corrected chi connectivity index (χ0v) is 63.5. The van der Waals surface area contributed by atoms with E-state index in [0.29, 0.717) is 45.4 Å². The average Bonchev–Trinajstić information content (AvgIpc) is 0.857. The van der Waals surface area contributed by atoms with Gasteiger partial charge in [-0.15, -0.1) is 0 Å². The first-order valence-corrected chi connectivity index (χ1v) is 38.0. The van der Waals surface area contributed by atoms with Crippen molar-refractivity contribution in [3.63, 3.8) is 0 Å². The van der Waals surface area contributed by atoms with Crippen molar-refractivity contribution in [1.29, 1.82) is 0 Å². The highest BCUT2D eigenvalue weighted by Gasteiger charge is 2.36. The molecule has 0 aromatic heterocycles. The summed E-state index contributed by atoms with van der Waals surface area (Å²) >= 11 is 0. The van der Waals surface area contributed by atoms with Crippen molar-refractivity contribution in [3.05, 3.63) is 251 Å². The maximum absolute atomic E-state index is 15.3. The highest BCUT2D eigenvalue weighted by Crippen LogP contribution is 2.17. The van der Waals surface area contributed by atoms with E-state index in [2.05, 4.69) is 31.9 Å². The molecule has 0 saturated heterocycles. The third-order valence-corrected chi connectivity index (χ3v) is 17.8. The standard InChI is InChI=1S/C87H100N6O20/c1-2-3-4-5-27-42-75(94)88-69(43-49-76(95)107-55-62-28-13-6-14-29-62)82(101)89-70(44-50-77(96)108-56-63-30-15-7-16-31-63)83(102)90-71(45-51-78(97)109-57-64-32-17-8-18-33-64)84(103)91-72(46-52-79(98)110-58-65-34-19-9-20-35-65)85(104)92-73(47-53-80(99)111-59-66-36-21-10-22-37-66)86(105)93-74(87(106)113-61-68-40-25-12-26-41-68)48-54-81(100)112-60-67-38-23-11-24-39-67/h6-26,28-41,69-74H,2-5,27,42-61H2,1H3,(H,88,94)(H,89,101)(H,90,102)(H,91,103)(H,92,104)(H,93,105)/t69-,70-,71-,72-,73-,74-/m0/s1. The molecule has 0 aliphatic carbocycles. The Balaban J connectivity index is 1.20. The molecule has 0 aliphatic rings. The van der Waals surface area contributed by atoms with Gasteiger partial charge in [0.15, 0.2) is 0 Å². The maximum atomic E-state index is 15.3. The van der Waals surface area contributed by atoms with E-state index in [9.17, 15) is 47.9 Å². The van der Waals surface area contributed by atoms with Crippen molar-refractivity contribution in [2.45, 2.75) is 205 Å². The lowest BCUT2D eigenvalue weighted by Gasteiger charge is -2.27. The number of unbranched alkanes of at least 4 members (excludes halogenated alkanes) is 4. The molecule has 6 amide bonds. The summed E-state index contributed by atoms with van der Waals surface area (Å²) in [5.74, 6) is -11.8. The molecular weight excluding hydrogens is 1450 g/mol. The van der Waals surface area contributed by atoms with Crippen LogP contribution in [0.4, 0.5) is 0 Å². The maximum Gasteiger partial charge on any atom is 0.328 e. The Hall–Kier alpha value is -12.4. The summed E-state index contributed by atoms with van der Waals surface area (Å²) < 4.78 is 38.9. The molecule has 0 radical (unpaired) electrons. The van der Waals surface area contributed by atoms with Crippen LogP contribution in [0.3, 0.4) is 0 Å². The molecule has 7 aromatic carbocycles. The summed E-state index contributed by atoms with van der Waals surface area (Å²) in [4.78, 5) is 185.